The third-order valence-electron chi connectivity index (χ3n) is 5.43. The molecule has 1 heterocycles. The van der Waals surface area contributed by atoms with Crippen molar-refractivity contribution in [1.82, 2.24) is 9.88 Å². The van der Waals surface area contributed by atoms with E-state index < -0.39 is 6.10 Å². The van der Waals surface area contributed by atoms with Crippen LogP contribution in [0.25, 0.3) is 10.8 Å². The number of aromatic nitrogens is 1. The Morgan fingerprint density at radius 2 is 1.90 bits per heavy atom. The number of nitrogens with zero attached hydrogens (tertiary/aromatic N) is 2. The maximum absolute atomic E-state index is 12.5. The number of Topliss-reactive ketones (excluding diaryl/α,β-unsaturated/α-hetero) is 1. The van der Waals surface area contributed by atoms with Gasteiger partial charge in [0.2, 0.25) is 0 Å². The van der Waals surface area contributed by atoms with Gasteiger partial charge in [0.15, 0.2) is 5.78 Å². The molecule has 1 atom stereocenters. The van der Waals surface area contributed by atoms with E-state index in [-0.39, 0.29) is 5.78 Å². The molecule has 0 aliphatic heterocycles. The van der Waals surface area contributed by atoms with Crippen molar-refractivity contribution in [2.24, 2.45) is 0 Å². The fourth-order valence-electron chi connectivity index (χ4n) is 3.53. The van der Waals surface area contributed by atoms with E-state index in [0.29, 0.717) is 41.5 Å². The molecule has 3 aromatic rings. The Morgan fingerprint density at radius 3 is 2.58 bits per heavy atom. The second-order valence-electron chi connectivity index (χ2n) is 7.55. The van der Waals surface area contributed by atoms with Crippen LogP contribution in [0.1, 0.15) is 37.0 Å². The topological polar surface area (TPSA) is 91.5 Å². The Bertz CT molecular complexity index is 1030. The van der Waals surface area contributed by atoms with Gasteiger partial charge in [0.1, 0.15) is 5.82 Å². The van der Waals surface area contributed by atoms with Gasteiger partial charge >= 0.3 is 0 Å². The van der Waals surface area contributed by atoms with Crippen LogP contribution < -0.4 is 11.1 Å². The lowest BCUT2D eigenvalue weighted by atomic mass is 10.0. The summed E-state index contributed by atoms with van der Waals surface area (Å²) in [6, 6.07) is 12.8. The molecule has 2 aromatic carbocycles. The average Bonchev–Trinajstić information content (AvgIpc) is 2.78. The molecule has 4 N–H and O–H groups in total. The smallest absolute Gasteiger partial charge is 0.162 e. The lowest BCUT2D eigenvalue weighted by Gasteiger charge is -2.21. The van der Waals surface area contributed by atoms with Crippen LogP contribution in [0.4, 0.5) is 17.2 Å². The number of halogens is 1. The lowest BCUT2D eigenvalue weighted by molar-refractivity contribution is 0.0877. The first-order valence-electron chi connectivity index (χ1n) is 10.6. The number of aliphatic hydroxyl groups excluding tert-OH is 1. The molecule has 3 rings (SSSR count). The maximum atomic E-state index is 12.5. The molecule has 7 heteroatoms. The Kier molecular flexibility index (Phi) is 7.85. The van der Waals surface area contributed by atoms with E-state index >= 15 is 0 Å². The monoisotopic (exact) mass is 440 g/mol. The molecule has 31 heavy (non-hydrogen) atoms. The van der Waals surface area contributed by atoms with Crippen molar-refractivity contribution in [1.29, 1.82) is 0 Å². The summed E-state index contributed by atoms with van der Waals surface area (Å²) in [7, 11) is 0. The molecule has 0 radical (unpaired) electrons. The number of hydrogen-bond acceptors (Lipinski definition) is 6. The summed E-state index contributed by atoms with van der Waals surface area (Å²) in [5.41, 5.74) is 8.18. The molecule has 1 aromatic heterocycles. The van der Waals surface area contributed by atoms with Gasteiger partial charge in [-0.05, 0) is 55.9 Å². The molecule has 6 nitrogen and oxygen atoms in total. The number of pyridine rings is 1. The van der Waals surface area contributed by atoms with Gasteiger partial charge in [0, 0.05) is 46.2 Å². The summed E-state index contributed by atoms with van der Waals surface area (Å²) >= 11 is 6.15. The summed E-state index contributed by atoms with van der Waals surface area (Å²) in [4.78, 5) is 18.9. The molecule has 164 valence electrons. The number of fused-ring (bicyclic) bond motifs is 1. The summed E-state index contributed by atoms with van der Waals surface area (Å²) in [5.74, 6) is 0.389. The van der Waals surface area contributed by atoms with E-state index in [0.717, 1.165) is 29.5 Å². The zero-order valence-corrected chi connectivity index (χ0v) is 18.7. The third kappa shape index (κ3) is 5.94. The predicted octanol–water partition coefficient (Wildman–Crippen LogP) is 4.88. The Labute approximate surface area is 188 Å². The molecule has 1 unspecified atom stereocenters. The van der Waals surface area contributed by atoms with Gasteiger partial charge in [0.05, 0.1) is 11.8 Å². The van der Waals surface area contributed by atoms with Gasteiger partial charge in [0.25, 0.3) is 0 Å². The number of anilines is 3. The average molecular weight is 441 g/mol. The standard InChI is InChI=1S/C24H29ClN4O2/c1-3-29(4-2)15-20(30)11-12-22(31)16-6-9-19(10-7-16)28-23-21-13-18(25)8-5-17(21)14-27-24(23)26/h5-10,13-14,20,28,30H,3-4,11-12,15H2,1-2H3,(H2,26,27). The number of rotatable bonds is 10. The van der Waals surface area contributed by atoms with E-state index in [1.807, 2.05) is 30.3 Å². The van der Waals surface area contributed by atoms with Gasteiger partial charge in [-0.1, -0.05) is 31.5 Å². The number of nitrogens with one attached hydrogen (secondary N) is 1. The second-order valence-corrected chi connectivity index (χ2v) is 7.99. The summed E-state index contributed by atoms with van der Waals surface area (Å²) < 4.78 is 0. The number of nitrogens with two attached hydrogens (primary N) is 1. The summed E-state index contributed by atoms with van der Waals surface area (Å²) in [6.45, 7) is 6.49. The number of likely N-dealkylation sites (N-methyl/N-ethyl adjacent to an activating group) is 1. The molecule has 0 spiro atoms. The number of hydrogen-bond donors (Lipinski definition) is 3. The van der Waals surface area contributed by atoms with E-state index in [9.17, 15) is 9.90 Å². The number of carbonyl (C=O) groups excluding carboxylic acids is 1. The number of aliphatic hydroxyl groups is 1. The van der Waals surface area contributed by atoms with Gasteiger partial charge in [-0.25, -0.2) is 4.98 Å². The van der Waals surface area contributed by atoms with Crippen molar-refractivity contribution in [2.45, 2.75) is 32.8 Å². The fourth-order valence-corrected chi connectivity index (χ4v) is 3.70. The normalized spacial score (nSPS) is 12.3. The minimum atomic E-state index is -0.501. The van der Waals surface area contributed by atoms with Crippen LogP contribution in [0, 0.1) is 0 Å². The lowest BCUT2D eigenvalue weighted by Crippen LogP contribution is -2.32. The fraction of sp³-hybridized carbons (Fsp3) is 0.333. The van der Waals surface area contributed by atoms with Crippen molar-refractivity contribution in [3.8, 4) is 0 Å². The van der Waals surface area contributed by atoms with E-state index in [1.54, 1.807) is 18.3 Å². The second kappa shape index (κ2) is 10.6. The van der Waals surface area contributed by atoms with Gasteiger partial charge < -0.3 is 21.1 Å². The first-order chi connectivity index (χ1) is 14.9. The Balaban J connectivity index is 1.66. The van der Waals surface area contributed by atoms with Gasteiger partial charge in [-0.3, -0.25) is 4.79 Å². The zero-order chi connectivity index (χ0) is 22.4. The van der Waals surface area contributed by atoms with E-state index in [1.165, 1.54) is 0 Å². The van der Waals surface area contributed by atoms with Crippen LogP contribution in [0.2, 0.25) is 5.02 Å². The number of ketones is 1. The van der Waals surface area contributed by atoms with Crippen LogP contribution in [0.5, 0.6) is 0 Å². The van der Waals surface area contributed by atoms with Crippen LogP contribution in [0.3, 0.4) is 0 Å². The summed E-state index contributed by atoms with van der Waals surface area (Å²) in [6.07, 6.45) is 1.98. The molecule has 0 aliphatic carbocycles. The minimum absolute atomic E-state index is 0.0169. The number of carbonyl (C=O) groups is 1. The van der Waals surface area contributed by atoms with Crippen molar-refractivity contribution in [2.75, 3.05) is 30.7 Å². The van der Waals surface area contributed by atoms with Crippen molar-refractivity contribution < 1.29 is 9.90 Å². The number of benzene rings is 2. The predicted molar refractivity (Wildman–Crippen MR) is 128 cm³/mol. The van der Waals surface area contributed by atoms with Crippen molar-refractivity contribution in [3.63, 3.8) is 0 Å². The molecular formula is C24H29ClN4O2. The van der Waals surface area contributed by atoms with Crippen molar-refractivity contribution in [3.05, 3.63) is 59.2 Å². The SMILES string of the molecule is CCN(CC)CC(O)CCC(=O)c1ccc(Nc2c(N)ncc3ccc(Cl)cc23)cc1. The highest BCUT2D eigenvalue weighted by molar-refractivity contribution is 6.31. The van der Waals surface area contributed by atoms with E-state index in [4.69, 9.17) is 17.3 Å². The van der Waals surface area contributed by atoms with Gasteiger partial charge in [-0.2, -0.15) is 0 Å². The zero-order valence-electron chi connectivity index (χ0n) is 17.9. The van der Waals surface area contributed by atoms with Crippen LogP contribution >= 0.6 is 11.6 Å². The highest BCUT2D eigenvalue weighted by Crippen LogP contribution is 2.32. The molecule has 0 aliphatic rings. The quantitative estimate of drug-likeness (QED) is 0.389. The van der Waals surface area contributed by atoms with Gasteiger partial charge in [-0.15, -0.1) is 0 Å². The maximum Gasteiger partial charge on any atom is 0.162 e. The summed E-state index contributed by atoms with van der Waals surface area (Å²) in [5, 5.41) is 15.9. The Morgan fingerprint density at radius 1 is 1.19 bits per heavy atom. The largest absolute Gasteiger partial charge is 0.392 e. The molecular weight excluding hydrogens is 412 g/mol. The van der Waals surface area contributed by atoms with Crippen LogP contribution in [-0.2, 0) is 0 Å². The first kappa shape index (κ1) is 23.0. The van der Waals surface area contributed by atoms with E-state index in [2.05, 4.69) is 29.0 Å². The van der Waals surface area contributed by atoms with Crippen molar-refractivity contribution >= 4 is 45.3 Å². The highest BCUT2D eigenvalue weighted by atomic mass is 35.5. The third-order valence-corrected chi connectivity index (χ3v) is 5.66. The molecule has 0 saturated heterocycles. The molecule has 0 bridgehead atoms. The molecule has 0 amide bonds. The minimum Gasteiger partial charge on any atom is -0.392 e. The first-order valence-corrected chi connectivity index (χ1v) is 10.9. The molecule has 0 saturated carbocycles. The highest BCUT2D eigenvalue weighted by Gasteiger charge is 2.13. The molecule has 0 fully saturated rings. The number of nitrogen functional groups attached to an aromatic ring is 1. The van der Waals surface area contributed by atoms with Crippen LogP contribution in [0.15, 0.2) is 48.7 Å². The van der Waals surface area contributed by atoms with Crippen LogP contribution in [-0.4, -0.2) is 46.5 Å². The Hall–Kier alpha value is -2.67.